The Kier molecular flexibility index (Phi) is 5.16. The van der Waals surface area contributed by atoms with Crippen LogP contribution in [-0.2, 0) is 6.54 Å². The van der Waals surface area contributed by atoms with E-state index in [4.69, 9.17) is 0 Å². The van der Waals surface area contributed by atoms with Gasteiger partial charge >= 0.3 is 5.69 Å². The average Bonchev–Trinajstić information content (AvgIpc) is 2.29. The number of halogens is 2. The van der Waals surface area contributed by atoms with E-state index in [-0.39, 0.29) is 17.5 Å². The van der Waals surface area contributed by atoms with Crippen molar-refractivity contribution in [3.8, 4) is 0 Å². The smallest absolute Gasteiger partial charge is 0.305 e. The first-order chi connectivity index (χ1) is 9.12. The van der Waals surface area contributed by atoms with Crippen LogP contribution in [0.2, 0.25) is 0 Å². The van der Waals surface area contributed by atoms with Gasteiger partial charge in [0, 0.05) is 24.2 Å². The normalized spacial score (nSPS) is 13.3. The Morgan fingerprint density at radius 3 is 2.40 bits per heavy atom. The van der Waals surface area contributed by atoms with Crippen LogP contribution in [0.4, 0.5) is 14.5 Å². The highest BCUT2D eigenvalue weighted by Gasteiger charge is 2.21. The molecule has 0 aliphatic heterocycles. The van der Waals surface area contributed by atoms with Gasteiger partial charge < -0.3 is 5.32 Å². The molecular formula is C14H20F2N2O2. The second kappa shape index (κ2) is 6.26. The molecule has 0 aliphatic carbocycles. The van der Waals surface area contributed by atoms with Crippen molar-refractivity contribution in [2.45, 2.75) is 34.2 Å². The second-order valence-electron chi connectivity index (χ2n) is 6.05. The SMILES string of the molecule is CC(CNCc1cc([N+](=O)[O-])c(F)cc1F)C(C)(C)C. The number of rotatable bonds is 5. The van der Waals surface area contributed by atoms with E-state index in [2.05, 4.69) is 33.0 Å². The summed E-state index contributed by atoms with van der Waals surface area (Å²) >= 11 is 0. The maximum Gasteiger partial charge on any atom is 0.305 e. The van der Waals surface area contributed by atoms with Gasteiger partial charge in [0.05, 0.1) is 4.92 Å². The Morgan fingerprint density at radius 2 is 1.90 bits per heavy atom. The summed E-state index contributed by atoms with van der Waals surface area (Å²) in [4.78, 5) is 9.77. The molecule has 0 radical (unpaired) electrons. The van der Waals surface area contributed by atoms with Crippen LogP contribution < -0.4 is 5.32 Å². The van der Waals surface area contributed by atoms with E-state index in [1.807, 2.05) is 0 Å². The van der Waals surface area contributed by atoms with E-state index in [0.29, 0.717) is 18.5 Å². The van der Waals surface area contributed by atoms with E-state index in [0.717, 1.165) is 6.07 Å². The first-order valence-electron chi connectivity index (χ1n) is 6.46. The molecule has 1 atom stereocenters. The summed E-state index contributed by atoms with van der Waals surface area (Å²) in [6.07, 6.45) is 0. The molecule has 112 valence electrons. The summed E-state index contributed by atoms with van der Waals surface area (Å²) < 4.78 is 26.7. The zero-order valence-electron chi connectivity index (χ0n) is 12.2. The Morgan fingerprint density at radius 1 is 1.30 bits per heavy atom. The van der Waals surface area contributed by atoms with E-state index < -0.39 is 22.2 Å². The zero-order valence-corrected chi connectivity index (χ0v) is 12.2. The van der Waals surface area contributed by atoms with Gasteiger partial charge in [0.2, 0.25) is 5.82 Å². The number of benzene rings is 1. The Labute approximate surface area is 117 Å². The van der Waals surface area contributed by atoms with Gasteiger partial charge in [-0.2, -0.15) is 4.39 Å². The number of nitro benzene ring substituents is 1. The van der Waals surface area contributed by atoms with Gasteiger partial charge in [-0.25, -0.2) is 4.39 Å². The highest BCUT2D eigenvalue weighted by molar-refractivity contribution is 5.37. The molecule has 1 N–H and O–H groups in total. The summed E-state index contributed by atoms with van der Waals surface area (Å²) in [6.45, 7) is 9.14. The second-order valence-corrected chi connectivity index (χ2v) is 6.05. The largest absolute Gasteiger partial charge is 0.312 e. The van der Waals surface area contributed by atoms with Crippen LogP contribution in [0.3, 0.4) is 0 Å². The number of hydrogen-bond acceptors (Lipinski definition) is 3. The third-order valence-corrected chi connectivity index (χ3v) is 3.56. The lowest BCUT2D eigenvalue weighted by molar-refractivity contribution is -0.387. The number of nitro groups is 1. The van der Waals surface area contributed by atoms with Gasteiger partial charge in [0.25, 0.3) is 0 Å². The fourth-order valence-corrected chi connectivity index (χ4v) is 1.59. The highest BCUT2D eigenvalue weighted by atomic mass is 19.1. The van der Waals surface area contributed by atoms with E-state index in [9.17, 15) is 18.9 Å². The van der Waals surface area contributed by atoms with Crippen molar-refractivity contribution >= 4 is 5.69 Å². The number of hydrogen-bond donors (Lipinski definition) is 1. The summed E-state index contributed by atoms with van der Waals surface area (Å²) in [5, 5.41) is 13.7. The molecule has 0 aromatic heterocycles. The topological polar surface area (TPSA) is 55.2 Å². The van der Waals surface area contributed by atoms with Crippen molar-refractivity contribution in [3.05, 3.63) is 39.4 Å². The van der Waals surface area contributed by atoms with Gasteiger partial charge in [-0.05, 0) is 17.9 Å². The maximum atomic E-state index is 13.5. The van der Waals surface area contributed by atoms with Gasteiger partial charge in [0.15, 0.2) is 0 Å². The first-order valence-corrected chi connectivity index (χ1v) is 6.46. The monoisotopic (exact) mass is 286 g/mol. The lowest BCUT2D eigenvalue weighted by Gasteiger charge is -2.27. The van der Waals surface area contributed by atoms with Crippen LogP contribution in [0.25, 0.3) is 0 Å². The van der Waals surface area contributed by atoms with Crippen LogP contribution in [0.15, 0.2) is 12.1 Å². The molecule has 0 fully saturated rings. The van der Waals surface area contributed by atoms with E-state index >= 15 is 0 Å². The van der Waals surface area contributed by atoms with Crippen LogP contribution >= 0.6 is 0 Å². The fraction of sp³-hybridized carbons (Fsp3) is 0.571. The van der Waals surface area contributed by atoms with Crippen LogP contribution in [0.1, 0.15) is 33.3 Å². The minimum absolute atomic E-state index is 0.0965. The number of nitrogens with one attached hydrogen (secondary N) is 1. The quantitative estimate of drug-likeness (QED) is 0.664. The standard InChI is InChI=1S/C14H20F2N2O2/c1-9(14(2,3)4)7-17-8-10-5-13(18(19)20)12(16)6-11(10)15/h5-6,9,17H,7-8H2,1-4H3. The molecule has 1 aromatic rings. The van der Waals surface area contributed by atoms with Crippen LogP contribution in [0, 0.1) is 33.1 Å². The summed E-state index contributed by atoms with van der Waals surface area (Å²) in [7, 11) is 0. The van der Waals surface area contributed by atoms with Crippen molar-refractivity contribution in [2.75, 3.05) is 6.54 Å². The third-order valence-electron chi connectivity index (χ3n) is 3.56. The predicted octanol–water partition coefficient (Wildman–Crippen LogP) is 3.64. The van der Waals surface area contributed by atoms with Crippen molar-refractivity contribution in [1.82, 2.24) is 5.32 Å². The average molecular weight is 286 g/mol. The Hall–Kier alpha value is -1.56. The molecule has 0 aliphatic rings. The number of nitrogens with zero attached hydrogens (tertiary/aromatic N) is 1. The highest BCUT2D eigenvalue weighted by Crippen LogP contribution is 2.25. The summed E-state index contributed by atoms with van der Waals surface area (Å²) in [6, 6.07) is 1.50. The molecule has 1 rings (SSSR count). The molecule has 0 saturated carbocycles. The maximum absolute atomic E-state index is 13.5. The summed E-state index contributed by atoms with van der Waals surface area (Å²) in [5.41, 5.74) is -0.494. The predicted molar refractivity (Wildman–Crippen MR) is 73.3 cm³/mol. The van der Waals surface area contributed by atoms with Crippen molar-refractivity contribution in [1.29, 1.82) is 0 Å². The zero-order chi connectivity index (χ0) is 15.5. The molecule has 4 nitrogen and oxygen atoms in total. The molecule has 0 heterocycles. The Bertz CT molecular complexity index is 499. The van der Waals surface area contributed by atoms with Gasteiger partial charge in [-0.15, -0.1) is 0 Å². The molecule has 1 unspecified atom stereocenters. The van der Waals surface area contributed by atoms with Crippen molar-refractivity contribution in [2.24, 2.45) is 11.3 Å². The minimum atomic E-state index is -1.15. The molecule has 0 amide bonds. The molecule has 1 aromatic carbocycles. The fourth-order valence-electron chi connectivity index (χ4n) is 1.59. The molecule has 0 bridgehead atoms. The molecule has 20 heavy (non-hydrogen) atoms. The van der Waals surface area contributed by atoms with Crippen molar-refractivity contribution < 1.29 is 13.7 Å². The molecular weight excluding hydrogens is 266 g/mol. The lowest BCUT2D eigenvalue weighted by Crippen LogP contribution is -2.29. The third kappa shape index (κ3) is 4.23. The van der Waals surface area contributed by atoms with Gasteiger partial charge in [0.1, 0.15) is 5.82 Å². The minimum Gasteiger partial charge on any atom is -0.312 e. The van der Waals surface area contributed by atoms with Gasteiger partial charge in [-0.3, -0.25) is 10.1 Å². The summed E-state index contributed by atoms with van der Waals surface area (Å²) in [5.74, 6) is -1.58. The Balaban J connectivity index is 2.74. The van der Waals surface area contributed by atoms with Gasteiger partial charge in [-0.1, -0.05) is 27.7 Å². The molecule has 0 saturated heterocycles. The first kappa shape index (κ1) is 16.5. The van der Waals surface area contributed by atoms with E-state index in [1.165, 1.54) is 0 Å². The lowest BCUT2D eigenvalue weighted by atomic mass is 9.82. The van der Waals surface area contributed by atoms with E-state index in [1.54, 1.807) is 0 Å². The van der Waals surface area contributed by atoms with Crippen LogP contribution in [0.5, 0.6) is 0 Å². The molecule has 0 spiro atoms. The van der Waals surface area contributed by atoms with Crippen LogP contribution in [-0.4, -0.2) is 11.5 Å². The van der Waals surface area contributed by atoms with Crippen molar-refractivity contribution in [3.63, 3.8) is 0 Å². The molecule has 6 heteroatoms.